The average Bonchev–Trinajstić information content (AvgIpc) is 2.92. The lowest BCUT2D eigenvalue weighted by Crippen LogP contribution is -2.37. The molecule has 0 aromatic carbocycles. The third kappa shape index (κ3) is 4.52. The third-order valence-corrected chi connectivity index (χ3v) is 6.95. The maximum absolute atomic E-state index is 12.1. The molecule has 130 valence electrons. The molecule has 1 saturated heterocycles. The molecule has 9 nitrogen and oxygen atoms in total. The normalized spacial score (nSPS) is 20.5. The largest absolute Gasteiger partial charge is 0.360 e. The van der Waals surface area contributed by atoms with E-state index in [1.807, 2.05) is 0 Å². The van der Waals surface area contributed by atoms with Gasteiger partial charge in [-0.3, -0.25) is 4.79 Å². The molecule has 1 amide bonds. The molecule has 0 radical (unpaired) electrons. The molecule has 1 aliphatic rings. The van der Waals surface area contributed by atoms with Gasteiger partial charge in [0.05, 0.1) is 11.5 Å². The van der Waals surface area contributed by atoms with E-state index < -0.39 is 31.8 Å². The minimum Gasteiger partial charge on any atom is -0.360 e. The molecular weight excluding hydrogens is 346 g/mol. The van der Waals surface area contributed by atoms with Gasteiger partial charge in [-0.2, -0.15) is 0 Å². The van der Waals surface area contributed by atoms with E-state index in [-0.39, 0.29) is 40.8 Å². The fraction of sp³-hybridized carbons (Fsp3) is 0.667. The zero-order valence-electron chi connectivity index (χ0n) is 12.8. The van der Waals surface area contributed by atoms with Gasteiger partial charge in [-0.15, -0.1) is 0 Å². The summed E-state index contributed by atoms with van der Waals surface area (Å²) in [6.45, 7) is 2.90. The summed E-state index contributed by atoms with van der Waals surface area (Å²) in [6.07, 6.45) is 0.304. The predicted molar refractivity (Wildman–Crippen MR) is 81.0 cm³/mol. The van der Waals surface area contributed by atoms with E-state index in [2.05, 4.69) is 15.2 Å². The number of nitrogens with one attached hydrogen (secondary N) is 2. The van der Waals surface area contributed by atoms with Crippen LogP contribution < -0.4 is 10.0 Å². The highest BCUT2D eigenvalue weighted by molar-refractivity contribution is 7.91. The number of sulfone groups is 1. The Bertz CT molecular complexity index is 777. The Kier molecular flexibility index (Phi) is 5.11. The van der Waals surface area contributed by atoms with Gasteiger partial charge in [0.15, 0.2) is 15.6 Å². The number of amides is 1. The predicted octanol–water partition coefficient (Wildman–Crippen LogP) is -0.737. The summed E-state index contributed by atoms with van der Waals surface area (Å²) in [7, 11) is -6.87. The van der Waals surface area contributed by atoms with Gasteiger partial charge in [-0.25, -0.2) is 21.6 Å². The van der Waals surface area contributed by atoms with Crippen LogP contribution in [0.4, 0.5) is 0 Å². The maximum Gasteiger partial charge on any atom is 0.245 e. The summed E-state index contributed by atoms with van der Waals surface area (Å²) < 4.78 is 54.0. The van der Waals surface area contributed by atoms with Gasteiger partial charge in [0.25, 0.3) is 0 Å². The standard InChI is InChI=1S/C12H19N3O6S2/c1-8-12(9(2)21-15-8)23(19,20)13-5-3-11(16)14-10-4-6-22(17,18)7-10/h10,13H,3-7H2,1-2H3,(H,14,16). The van der Waals surface area contributed by atoms with Crippen LogP contribution in [0.2, 0.25) is 0 Å². The Hall–Kier alpha value is -1.46. The highest BCUT2D eigenvalue weighted by Gasteiger charge is 2.29. The number of aryl methyl sites for hydroxylation is 2. The first-order valence-electron chi connectivity index (χ1n) is 7.03. The van der Waals surface area contributed by atoms with Crippen molar-refractivity contribution in [2.45, 2.75) is 37.6 Å². The second-order valence-corrected chi connectivity index (χ2v) is 9.40. The van der Waals surface area contributed by atoms with Crippen LogP contribution in [0.1, 0.15) is 24.3 Å². The van der Waals surface area contributed by atoms with Gasteiger partial charge in [0, 0.05) is 19.0 Å². The highest BCUT2D eigenvalue weighted by Crippen LogP contribution is 2.18. The van der Waals surface area contributed by atoms with Crippen LogP contribution in [0.5, 0.6) is 0 Å². The van der Waals surface area contributed by atoms with Gasteiger partial charge >= 0.3 is 0 Å². The monoisotopic (exact) mass is 365 g/mol. The molecule has 2 rings (SSSR count). The van der Waals surface area contributed by atoms with Crippen molar-refractivity contribution < 1.29 is 26.2 Å². The summed E-state index contributed by atoms with van der Waals surface area (Å²) >= 11 is 0. The van der Waals surface area contributed by atoms with Crippen LogP contribution in [0.15, 0.2) is 9.42 Å². The van der Waals surface area contributed by atoms with E-state index in [1.54, 1.807) is 0 Å². The summed E-state index contributed by atoms with van der Waals surface area (Å²) in [4.78, 5) is 11.7. The number of hydrogen-bond acceptors (Lipinski definition) is 7. The molecule has 0 aliphatic carbocycles. The van der Waals surface area contributed by atoms with Gasteiger partial charge in [-0.05, 0) is 20.3 Å². The quantitative estimate of drug-likeness (QED) is 0.678. The van der Waals surface area contributed by atoms with E-state index in [0.29, 0.717) is 6.42 Å². The number of nitrogens with zero attached hydrogens (tertiary/aromatic N) is 1. The second kappa shape index (κ2) is 6.57. The molecule has 1 fully saturated rings. The molecule has 2 N–H and O–H groups in total. The molecule has 2 heterocycles. The van der Waals surface area contributed by atoms with Crippen molar-refractivity contribution in [3.8, 4) is 0 Å². The number of hydrogen-bond donors (Lipinski definition) is 2. The SMILES string of the molecule is Cc1noc(C)c1S(=O)(=O)NCCC(=O)NC1CCS(=O)(=O)C1. The zero-order valence-corrected chi connectivity index (χ0v) is 14.5. The van der Waals surface area contributed by atoms with Crippen molar-refractivity contribution in [3.05, 3.63) is 11.5 Å². The molecule has 1 aromatic rings. The van der Waals surface area contributed by atoms with E-state index in [4.69, 9.17) is 4.52 Å². The minimum absolute atomic E-state index is 0.0280. The fourth-order valence-corrected chi connectivity index (χ4v) is 5.47. The maximum atomic E-state index is 12.1. The van der Waals surface area contributed by atoms with Crippen LogP contribution in [0.3, 0.4) is 0 Å². The highest BCUT2D eigenvalue weighted by atomic mass is 32.2. The minimum atomic E-state index is -3.80. The first-order valence-corrected chi connectivity index (χ1v) is 10.3. The lowest BCUT2D eigenvalue weighted by atomic mass is 10.2. The number of sulfonamides is 1. The Morgan fingerprint density at radius 3 is 2.61 bits per heavy atom. The summed E-state index contributed by atoms with van der Waals surface area (Å²) in [5, 5.41) is 6.17. The first kappa shape index (κ1) is 17.9. The molecule has 0 saturated carbocycles. The third-order valence-electron chi connectivity index (χ3n) is 3.48. The number of rotatable bonds is 6. The van der Waals surface area contributed by atoms with Crippen LogP contribution >= 0.6 is 0 Å². The van der Waals surface area contributed by atoms with Gasteiger partial charge in [0.2, 0.25) is 15.9 Å². The molecule has 1 unspecified atom stereocenters. The average molecular weight is 365 g/mol. The smallest absolute Gasteiger partial charge is 0.245 e. The van der Waals surface area contributed by atoms with Crippen LogP contribution in [0.25, 0.3) is 0 Å². The van der Waals surface area contributed by atoms with E-state index in [9.17, 15) is 21.6 Å². The lowest BCUT2D eigenvalue weighted by Gasteiger charge is -2.11. The molecule has 0 spiro atoms. The topological polar surface area (TPSA) is 135 Å². The van der Waals surface area contributed by atoms with Crippen molar-refractivity contribution in [1.82, 2.24) is 15.2 Å². The lowest BCUT2D eigenvalue weighted by molar-refractivity contribution is -0.121. The first-order chi connectivity index (χ1) is 10.6. The molecule has 1 atom stereocenters. The Labute approximate surface area is 134 Å². The van der Waals surface area contributed by atoms with E-state index in [1.165, 1.54) is 13.8 Å². The fourth-order valence-electron chi connectivity index (χ4n) is 2.44. The molecular formula is C12H19N3O6S2. The molecule has 11 heteroatoms. The van der Waals surface area contributed by atoms with Crippen LogP contribution in [-0.4, -0.2) is 52.0 Å². The van der Waals surface area contributed by atoms with Gasteiger partial charge in [-0.1, -0.05) is 5.16 Å². The van der Waals surface area contributed by atoms with Crippen molar-refractivity contribution in [1.29, 1.82) is 0 Å². The van der Waals surface area contributed by atoms with Crippen molar-refractivity contribution in [2.75, 3.05) is 18.1 Å². The van der Waals surface area contributed by atoms with E-state index in [0.717, 1.165) is 0 Å². The van der Waals surface area contributed by atoms with Crippen molar-refractivity contribution >= 4 is 25.8 Å². The van der Waals surface area contributed by atoms with Crippen molar-refractivity contribution in [2.24, 2.45) is 0 Å². The molecule has 1 aliphatic heterocycles. The molecule has 0 bridgehead atoms. The zero-order chi connectivity index (χ0) is 17.3. The van der Waals surface area contributed by atoms with Crippen molar-refractivity contribution in [3.63, 3.8) is 0 Å². The van der Waals surface area contributed by atoms with Crippen LogP contribution in [0, 0.1) is 13.8 Å². The molecule has 23 heavy (non-hydrogen) atoms. The summed E-state index contributed by atoms with van der Waals surface area (Å²) in [5.74, 6) is -0.218. The number of carbonyl (C=O) groups is 1. The van der Waals surface area contributed by atoms with Gasteiger partial charge < -0.3 is 9.84 Å². The Morgan fingerprint density at radius 1 is 1.39 bits per heavy atom. The van der Waals surface area contributed by atoms with Gasteiger partial charge in [0.1, 0.15) is 10.6 Å². The Morgan fingerprint density at radius 2 is 2.09 bits per heavy atom. The summed E-state index contributed by atoms with van der Waals surface area (Å²) in [5.41, 5.74) is 0.246. The second-order valence-electron chi connectivity index (χ2n) is 5.47. The van der Waals surface area contributed by atoms with E-state index >= 15 is 0 Å². The number of carbonyl (C=O) groups excluding carboxylic acids is 1. The molecule has 1 aromatic heterocycles. The number of aromatic nitrogens is 1. The Balaban J connectivity index is 1.84. The summed E-state index contributed by atoms with van der Waals surface area (Å²) in [6, 6.07) is -0.397. The van der Waals surface area contributed by atoms with Crippen LogP contribution in [-0.2, 0) is 24.7 Å².